The van der Waals surface area contributed by atoms with Crippen molar-refractivity contribution < 1.29 is 18.1 Å². The average Bonchev–Trinajstić information content (AvgIpc) is 3.13. The van der Waals surface area contributed by atoms with Gasteiger partial charge >= 0.3 is 0 Å². The van der Waals surface area contributed by atoms with E-state index in [1.54, 1.807) is 0 Å². The number of nitrogens with zero attached hydrogens (tertiary/aromatic N) is 2. The van der Waals surface area contributed by atoms with Gasteiger partial charge in [-0.3, -0.25) is 4.79 Å². The van der Waals surface area contributed by atoms with Crippen molar-refractivity contribution in [2.75, 3.05) is 0 Å². The first kappa shape index (κ1) is 15.9. The summed E-state index contributed by atoms with van der Waals surface area (Å²) < 4.78 is 31.8. The first-order valence-corrected chi connectivity index (χ1v) is 8.58. The van der Waals surface area contributed by atoms with Crippen LogP contribution in [-0.2, 0) is 6.54 Å². The Hall–Kier alpha value is -2.61. The highest BCUT2D eigenvalue weighted by molar-refractivity contribution is 7.15. The minimum atomic E-state index is -0.886. The van der Waals surface area contributed by atoms with E-state index < -0.39 is 17.5 Å². The zero-order valence-electron chi connectivity index (χ0n) is 13.0. The molecule has 8 heteroatoms. The minimum absolute atomic E-state index is 0.191. The second-order valence-corrected chi connectivity index (χ2v) is 6.97. The van der Waals surface area contributed by atoms with Gasteiger partial charge in [0.15, 0.2) is 5.82 Å². The Bertz CT molecular complexity index is 934. The lowest BCUT2D eigenvalue weighted by Gasteiger charge is -2.04. The predicted octanol–water partition coefficient (Wildman–Crippen LogP) is 3.88. The van der Waals surface area contributed by atoms with Gasteiger partial charge in [0.25, 0.3) is 11.8 Å². The van der Waals surface area contributed by atoms with E-state index >= 15 is 0 Å². The quantitative estimate of drug-likeness (QED) is 0.749. The number of hydrogen-bond donors (Lipinski definition) is 1. The topological polar surface area (TPSA) is 68.0 Å². The molecule has 2 aromatic heterocycles. The van der Waals surface area contributed by atoms with Crippen LogP contribution in [0.2, 0.25) is 0 Å². The average molecular weight is 361 g/mol. The van der Waals surface area contributed by atoms with Crippen LogP contribution >= 0.6 is 11.3 Å². The van der Waals surface area contributed by atoms with Gasteiger partial charge < -0.3 is 9.84 Å². The van der Waals surface area contributed by atoms with Crippen molar-refractivity contribution in [2.24, 2.45) is 0 Å². The van der Waals surface area contributed by atoms with Crippen LogP contribution < -0.4 is 5.32 Å². The van der Waals surface area contributed by atoms with Crippen molar-refractivity contribution in [1.82, 2.24) is 15.5 Å². The van der Waals surface area contributed by atoms with Crippen LogP contribution in [0.5, 0.6) is 0 Å². The molecule has 0 unspecified atom stereocenters. The SMILES string of the molecule is O=C(NCc1ccc(-c2nc(C3CC3)no2)s1)c1ccc(F)cc1F. The Balaban J connectivity index is 1.41. The van der Waals surface area contributed by atoms with Crippen LogP contribution in [-0.4, -0.2) is 16.0 Å². The van der Waals surface area contributed by atoms with Gasteiger partial charge in [-0.25, -0.2) is 8.78 Å². The van der Waals surface area contributed by atoms with Gasteiger partial charge in [-0.2, -0.15) is 4.98 Å². The molecule has 0 saturated heterocycles. The standard InChI is InChI=1S/C17H13F2N3O2S/c18-10-3-5-12(13(19)7-10)16(23)20-8-11-4-6-14(25-11)17-21-15(22-24-17)9-1-2-9/h3-7,9H,1-2,8H2,(H,20,23). The third-order valence-electron chi connectivity index (χ3n) is 3.86. The monoisotopic (exact) mass is 361 g/mol. The molecule has 0 aliphatic heterocycles. The Morgan fingerprint density at radius 1 is 1.28 bits per heavy atom. The number of thiophene rings is 1. The summed E-state index contributed by atoms with van der Waals surface area (Å²) in [5, 5.41) is 6.59. The molecule has 1 aliphatic rings. The zero-order chi connectivity index (χ0) is 17.4. The Morgan fingerprint density at radius 2 is 2.12 bits per heavy atom. The van der Waals surface area contributed by atoms with E-state index in [-0.39, 0.29) is 12.1 Å². The van der Waals surface area contributed by atoms with Crippen LogP contribution in [0.4, 0.5) is 8.78 Å². The lowest BCUT2D eigenvalue weighted by molar-refractivity contribution is 0.0947. The summed E-state index contributed by atoms with van der Waals surface area (Å²) in [5.74, 6) is -0.577. The number of carbonyl (C=O) groups is 1. The molecule has 25 heavy (non-hydrogen) atoms. The minimum Gasteiger partial charge on any atom is -0.347 e. The summed E-state index contributed by atoms with van der Waals surface area (Å²) >= 11 is 1.41. The summed E-state index contributed by atoms with van der Waals surface area (Å²) in [6, 6.07) is 6.54. The maximum atomic E-state index is 13.6. The van der Waals surface area contributed by atoms with E-state index in [1.807, 2.05) is 12.1 Å². The van der Waals surface area contributed by atoms with Gasteiger partial charge in [-0.15, -0.1) is 11.3 Å². The molecular formula is C17H13F2N3O2S. The van der Waals surface area contributed by atoms with E-state index in [9.17, 15) is 13.6 Å². The molecule has 1 aliphatic carbocycles. The first-order valence-electron chi connectivity index (χ1n) is 7.76. The van der Waals surface area contributed by atoms with Crippen LogP contribution in [0.25, 0.3) is 10.8 Å². The number of halogens is 2. The highest BCUT2D eigenvalue weighted by atomic mass is 32.1. The van der Waals surface area contributed by atoms with Crippen molar-refractivity contribution in [3.63, 3.8) is 0 Å². The Kier molecular flexibility index (Phi) is 4.04. The third-order valence-corrected chi connectivity index (χ3v) is 4.93. The fraction of sp³-hybridized carbons (Fsp3) is 0.235. The lowest BCUT2D eigenvalue weighted by atomic mass is 10.2. The molecule has 0 bridgehead atoms. The number of carbonyl (C=O) groups excluding carboxylic acids is 1. The second kappa shape index (κ2) is 6.36. The first-order chi connectivity index (χ1) is 12.1. The smallest absolute Gasteiger partial charge is 0.268 e. The molecular weight excluding hydrogens is 348 g/mol. The van der Waals surface area contributed by atoms with Crippen LogP contribution in [0.15, 0.2) is 34.9 Å². The highest BCUT2D eigenvalue weighted by Gasteiger charge is 2.29. The van der Waals surface area contributed by atoms with Crippen LogP contribution in [0.1, 0.15) is 39.8 Å². The molecule has 1 N–H and O–H groups in total. The normalized spacial score (nSPS) is 13.8. The molecule has 4 rings (SSSR count). The number of aromatic nitrogens is 2. The van der Waals surface area contributed by atoms with E-state index in [0.717, 1.165) is 40.6 Å². The van der Waals surface area contributed by atoms with Crippen LogP contribution in [0, 0.1) is 11.6 Å². The van der Waals surface area contributed by atoms with Crippen LogP contribution in [0.3, 0.4) is 0 Å². The summed E-state index contributed by atoms with van der Waals surface area (Å²) in [6.07, 6.45) is 2.20. The molecule has 1 fully saturated rings. The summed E-state index contributed by atoms with van der Waals surface area (Å²) in [7, 11) is 0. The maximum Gasteiger partial charge on any atom is 0.268 e. The molecule has 5 nitrogen and oxygen atoms in total. The van der Waals surface area contributed by atoms with Crippen molar-refractivity contribution >= 4 is 17.2 Å². The molecule has 0 radical (unpaired) electrons. The molecule has 1 saturated carbocycles. The second-order valence-electron chi connectivity index (χ2n) is 5.80. The maximum absolute atomic E-state index is 13.6. The van der Waals surface area contributed by atoms with E-state index in [1.165, 1.54) is 11.3 Å². The third kappa shape index (κ3) is 3.43. The molecule has 3 aromatic rings. The van der Waals surface area contributed by atoms with Gasteiger partial charge in [0, 0.05) is 16.9 Å². The fourth-order valence-electron chi connectivity index (χ4n) is 2.37. The molecule has 0 atom stereocenters. The van der Waals surface area contributed by atoms with Crippen molar-refractivity contribution in [3.8, 4) is 10.8 Å². The molecule has 1 aromatic carbocycles. The number of benzene rings is 1. The van der Waals surface area contributed by atoms with Gasteiger partial charge in [-0.1, -0.05) is 5.16 Å². The van der Waals surface area contributed by atoms with Gasteiger partial charge in [0.2, 0.25) is 0 Å². The Morgan fingerprint density at radius 3 is 2.88 bits per heavy atom. The number of nitrogens with one attached hydrogen (secondary N) is 1. The lowest BCUT2D eigenvalue weighted by Crippen LogP contribution is -2.23. The number of rotatable bonds is 5. The van der Waals surface area contributed by atoms with E-state index in [4.69, 9.17) is 4.52 Å². The Labute approximate surface area is 145 Å². The summed E-state index contributed by atoms with van der Waals surface area (Å²) in [4.78, 5) is 18.1. The van der Waals surface area contributed by atoms with Crippen molar-refractivity contribution in [3.05, 3.63) is 58.2 Å². The van der Waals surface area contributed by atoms with Crippen molar-refractivity contribution in [1.29, 1.82) is 0 Å². The summed E-state index contributed by atoms with van der Waals surface area (Å²) in [5.41, 5.74) is -0.191. The van der Waals surface area contributed by atoms with Gasteiger partial charge in [0.1, 0.15) is 11.6 Å². The van der Waals surface area contributed by atoms with Gasteiger partial charge in [0.05, 0.1) is 17.0 Å². The van der Waals surface area contributed by atoms with Crippen molar-refractivity contribution in [2.45, 2.75) is 25.3 Å². The van der Waals surface area contributed by atoms with E-state index in [0.29, 0.717) is 17.9 Å². The molecule has 128 valence electrons. The van der Waals surface area contributed by atoms with Gasteiger partial charge in [-0.05, 0) is 37.1 Å². The molecule has 2 heterocycles. The fourth-order valence-corrected chi connectivity index (χ4v) is 3.24. The molecule has 0 spiro atoms. The number of amides is 1. The van der Waals surface area contributed by atoms with E-state index in [2.05, 4.69) is 15.5 Å². The predicted molar refractivity (Wildman–Crippen MR) is 87.1 cm³/mol. The summed E-state index contributed by atoms with van der Waals surface area (Å²) in [6.45, 7) is 0.226. The highest BCUT2D eigenvalue weighted by Crippen LogP contribution is 2.39. The zero-order valence-corrected chi connectivity index (χ0v) is 13.8. The largest absolute Gasteiger partial charge is 0.347 e. The number of hydrogen-bond acceptors (Lipinski definition) is 5. The molecule has 1 amide bonds.